The molecule has 0 saturated heterocycles. The maximum atomic E-state index is 11.7. The number of phenols is 1. The number of hydrogen-bond acceptors (Lipinski definition) is 4. The van der Waals surface area contributed by atoms with Crippen LogP contribution in [-0.4, -0.2) is 24.8 Å². The van der Waals surface area contributed by atoms with Crippen LogP contribution in [0.3, 0.4) is 0 Å². The Morgan fingerprint density at radius 3 is 2.77 bits per heavy atom. The zero-order chi connectivity index (χ0) is 16.4. The van der Waals surface area contributed by atoms with Crippen molar-refractivity contribution in [2.24, 2.45) is 0 Å². The first-order chi connectivity index (χ1) is 10.6. The van der Waals surface area contributed by atoms with Gasteiger partial charge in [-0.05, 0) is 29.3 Å². The lowest BCUT2D eigenvalue weighted by atomic mass is 10.1. The highest BCUT2D eigenvalue weighted by atomic mass is 16.5. The van der Waals surface area contributed by atoms with Gasteiger partial charge in [-0.15, -0.1) is 0 Å². The number of aromatic hydroxyl groups is 1. The molecule has 0 atom stereocenters. The van der Waals surface area contributed by atoms with E-state index in [1.165, 1.54) is 13.2 Å². The van der Waals surface area contributed by atoms with E-state index in [1.54, 1.807) is 42.5 Å². The minimum atomic E-state index is -0.356. The van der Waals surface area contributed by atoms with Crippen molar-refractivity contribution in [3.8, 4) is 11.5 Å². The van der Waals surface area contributed by atoms with Gasteiger partial charge < -0.3 is 14.6 Å². The third-order valence-electron chi connectivity index (χ3n) is 2.79. The molecular formula is C18H20O4. The number of carbonyl (C=O) groups is 1. The van der Waals surface area contributed by atoms with E-state index in [2.05, 4.69) is 13.2 Å². The van der Waals surface area contributed by atoms with Gasteiger partial charge in [0.05, 0.1) is 13.5 Å². The fraction of sp³-hybridized carbons (Fsp3) is 0.167. The Hall–Kier alpha value is -2.75. The molecule has 0 aromatic heterocycles. The summed E-state index contributed by atoms with van der Waals surface area (Å²) in [5.74, 6) is 0.00846. The Morgan fingerprint density at radius 1 is 1.36 bits per heavy atom. The molecule has 0 radical (unpaired) electrons. The SMILES string of the molecule is C=C/C=C(C=C)/C=C/COC(=O)Cc1ccc(O)c(OC)c1. The van der Waals surface area contributed by atoms with Crippen LogP contribution >= 0.6 is 0 Å². The monoisotopic (exact) mass is 300 g/mol. The van der Waals surface area contributed by atoms with Crippen molar-refractivity contribution in [1.29, 1.82) is 0 Å². The zero-order valence-electron chi connectivity index (χ0n) is 12.6. The van der Waals surface area contributed by atoms with Crippen LogP contribution < -0.4 is 4.74 Å². The van der Waals surface area contributed by atoms with Crippen LogP contribution in [0.1, 0.15) is 5.56 Å². The lowest BCUT2D eigenvalue weighted by Gasteiger charge is -2.06. The van der Waals surface area contributed by atoms with Crippen LogP contribution in [0.25, 0.3) is 0 Å². The molecule has 1 rings (SSSR count). The summed E-state index contributed by atoms with van der Waals surface area (Å²) in [4.78, 5) is 11.7. The number of allylic oxidation sites excluding steroid dienone is 5. The van der Waals surface area contributed by atoms with E-state index in [1.807, 2.05) is 0 Å². The largest absolute Gasteiger partial charge is 0.504 e. The molecule has 0 aliphatic heterocycles. The molecule has 0 heterocycles. The molecule has 0 amide bonds. The number of phenolic OH excluding ortho intramolecular Hbond substituents is 1. The van der Waals surface area contributed by atoms with Crippen molar-refractivity contribution in [3.05, 3.63) is 72.9 Å². The number of ether oxygens (including phenoxy) is 2. The minimum Gasteiger partial charge on any atom is -0.504 e. The number of benzene rings is 1. The molecule has 1 aromatic rings. The Balaban J connectivity index is 2.50. The average molecular weight is 300 g/mol. The van der Waals surface area contributed by atoms with Crippen molar-refractivity contribution in [3.63, 3.8) is 0 Å². The topological polar surface area (TPSA) is 55.8 Å². The Kier molecular flexibility index (Phi) is 7.26. The van der Waals surface area contributed by atoms with Crippen molar-refractivity contribution >= 4 is 5.97 Å². The fourth-order valence-corrected chi connectivity index (χ4v) is 1.70. The van der Waals surface area contributed by atoms with Gasteiger partial charge in [0, 0.05) is 0 Å². The summed E-state index contributed by atoms with van der Waals surface area (Å²) in [6.07, 6.45) is 8.78. The third-order valence-corrected chi connectivity index (χ3v) is 2.79. The first kappa shape index (κ1) is 17.3. The molecule has 4 nitrogen and oxygen atoms in total. The van der Waals surface area contributed by atoms with Gasteiger partial charge in [-0.2, -0.15) is 0 Å². The van der Waals surface area contributed by atoms with Crippen LogP contribution in [0.4, 0.5) is 0 Å². The van der Waals surface area contributed by atoms with Crippen molar-refractivity contribution < 1.29 is 19.4 Å². The number of esters is 1. The van der Waals surface area contributed by atoms with Gasteiger partial charge in [-0.1, -0.05) is 43.5 Å². The molecule has 0 fully saturated rings. The molecule has 0 aliphatic carbocycles. The number of carbonyl (C=O) groups excluding carboxylic acids is 1. The van der Waals surface area contributed by atoms with Crippen molar-refractivity contribution in [2.75, 3.05) is 13.7 Å². The van der Waals surface area contributed by atoms with Gasteiger partial charge in [-0.25, -0.2) is 0 Å². The standard InChI is InChI=1S/C18H20O4/c1-4-7-14(5-2)8-6-11-22-18(20)13-15-9-10-16(19)17(12-15)21-3/h4-10,12,19H,1-2,11,13H2,3H3/b8-6+,14-7+. The van der Waals surface area contributed by atoms with E-state index >= 15 is 0 Å². The summed E-state index contributed by atoms with van der Waals surface area (Å²) in [5, 5.41) is 9.49. The van der Waals surface area contributed by atoms with E-state index in [0.29, 0.717) is 11.3 Å². The van der Waals surface area contributed by atoms with Crippen LogP contribution in [-0.2, 0) is 16.0 Å². The second-order valence-electron chi connectivity index (χ2n) is 4.37. The van der Waals surface area contributed by atoms with Crippen LogP contribution in [0.5, 0.6) is 11.5 Å². The molecule has 22 heavy (non-hydrogen) atoms. The van der Waals surface area contributed by atoms with Gasteiger partial charge in [0.25, 0.3) is 0 Å². The lowest BCUT2D eigenvalue weighted by molar-refractivity contribution is -0.141. The summed E-state index contributed by atoms with van der Waals surface area (Å²) < 4.78 is 10.1. The van der Waals surface area contributed by atoms with Crippen LogP contribution in [0.15, 0.2) is 67.3 Å². The quantitative estimate of drug-likeness (QED) is 0.591. The second kappa shape index (κ2) is 9.23. The average Bonchev–Trinajstić information content (AvgIpc) is 2.52. The summed E-state index contributed by atoms with van der Waals surface area (Å²) in [7, 11) is 1.45. The third kappa shape index (κ3) is 5.71. The van der Waals surface area contributed by atoms with Crippen molar-refractivity contribution in [2.45, 2.75) is 6.42 Å². The molecule has 0 unspecified atom stereocenters. The van der Waals surface area contributed by atoms with Gasteiger partial charge in [0.15, 0.2) is 11.5 Å². The van der Waals surface area contributed by atoms with Crippen molar-refractivity contribution in [1.82, 2.24) is 0 Å². The molecule has 116 valence electrons. The van der Waals surface area contributed by atoms with E-state index in [9.17, 15) is 9.90 Å². The van der Waals surface area contributed by atoms with Gasteiger partial charge in [0.1, 0.15) is 6.61 Å². The van der Waals surface area contributed by atoms with Gasteiger partial charge in [0.2, 0.25) is 0 Å². The van der Waals surface area contributed by atoms with E-state index < -0.39 is 0 Å². The maximum absolute atomic E-state index is 11.7. The smallest absolute Gasteiger partial charge is 0.310 e. The highest BCUT2D eigenvalue weighted by molar-refractivity contribution is 5.73. The molecule has 0 aliphatic rings. The summed E-state index contributed by atoms with van der Waals surface area (Å²) >= 11 is 0. The Morgan fingerprint density at radius 2 is 2.14 bits per heavy atom. The Bertz CT molecular complexity index is 597. The molecule has 0 saturated carbocycles. The van der Waals surface area contributed by atoms with Gasteiger partial charge >= 0.3 is 5.97 Å². The van der Waals surface area contributed by atoms with Crippen LogP contribution in [0.2, 0.25) is 0 Å². The Labute approximate surface area is 130 Å². The van der Waals surface area contributed by atoms with Crippen LogP contribution in [0, 0.1) is 0 Å². The van der Waals surface area contributed by atoms with E-state index in [4.69, 9.17) is 9.47 Å². The predicted molar refractivity (Wildman–Crippen MR) is 86.9 cm³/mol. The molecule has 0 spiro atoms. The highest BCUT2D eigenvalue weighted by Crippen LogP contribution is 2.26. The molecule has 4 heteroatoms. The normalized spacial score (nSPS) is 11.2. The first-order valence-electron chi connectivity index (χ1n) is 6.74. The number of methoxy groups -OCH3 is 1. The molecule has 0 bridgehead atoms. The lowest BCUT2D eigenvalue weighted by Crippen LogP contribution is -2.08. The summed E-state index contributed by atoms with van der Waals surface area (Å²) in [5.41, 5.74) is 1.59. The molecular weight excluding hydrogens is 280 g/mol. The van der Waals surface area contributed by atoms with Gasteiger partial charge in [-0.3, -0.25) is 4.79 Å². The summed E-state index contributed by atoms with van der Waals surface area (Å²) in [6, 6.07) is 4.74. The minimum absolute atomic E-state index is 0.0357. The van der Waals surface area contributed by atoms with E-state index in [-0.39, 0.29) is 24.7 Å². The second-order valence-corrected chi connectivity index (χ2v) is 4.37. The molecule has 1 aromatic carbocycles. The zero-order valence-corrected chi connectivity index (χ0v) is 12.6. The fourth-order valence-electron chi connectivity index (χ4n) is 1.70. The summed E-state index contributed by atoms with van der Waals surface area (Å²) in [6.45, 7) is 7.44. The molecule has 1 N–H and O–H groups in total. The number of rotatable bonds is 8. The first-order valence-corrected chi connectivity index (χ1v) is 6.74. The highest BCUT2D eigenvalue weighted by Gasteiger charge is 2.07. The predicted octanol–water partition coefficient (Wildman–Crippen LogP) is 3.34. The number of hydrogen-bond donors (Lipinski definition) is 1. The maximum Gasteiger partial charge on any atom is 0.310 e. The van der Waals surface area contributed by atoms with E-state index in [0.717, 1.165) is 5.57 Å².